The SMILES string of the molecule is CC(C)(C)OC(=O)N1CCN(c2nc(OC[C@]34CCCN3C[C@@H](F)C4)nc3c(C(F)F)c(Cl)ncc23)CC1. The molecule has 13 heteroatoms. The van der Waals surface area contributed by atoms with Crippen LogP contribution in [-0.4, -0.2) is 94.0 Å². The summed E-state index contributed by atoms with van der Waals surface area (Å²) in [5.74, 6) is 0.371. The van der Waals surface area contributed by atoms with Gasteiger partial charge in [0.15, 0.2) is 0 Å². The minimum atomic E-state index is -2.91. The van der Waals surface area contributed by atoms with Gasteiger partial charge in [0.05, 0.1) is 22.0 Å². The van der Waals surface area contributed by atoms with E-state index in [9.17, 15) is 18.0 Å². The number of piperazine rings is 1. The fourth-order valence-electron chi connectivity index (χ4n) is 5.62. The summed E-state index contributed by atoms with van der Waals surface area (Å²) in [6, 6.07) is -0.0743. The molecule has 0 aromatic carbocycles. The van der Waals surface area contributed by atoms with E-state index in [1.807, 2.05) is 4.90 Å². The second-order valence-corrected chi connectivity index (χ2v) is 11.5. The molecule has 0 aliphatic carbocycles. The third-order valence-electron chi connectivity index (χ3n) is 7.37. The molecule has 5 heterocycles. The number of halogens is 4. The van der Waals surface area contributed by atoms with Gasteiger partial charge in [-0.25, -0.2) is 22.9 Å². The Kier molecular flexibility index (Phi) is 7.23. The zero-order valence-electron chi connectivity index (χ0n) is 21.7. The Balaban J connectivity index is 1.44. The van der Waals surface area contributed by atoms with E-state index < -0.39 is 35.4 Å². The fourth-order valence-corrected chi connectivity index (χ4v) is 5.84. The monoisotopic (exact) mass is 556 g/mol. The standard InChI is InChI=1S/C25H32ClF3N6O3/c1-24(2,3)38-23(36)34-9-7-33(8-10-34)21-16-12-30-19(26)17(20(28)29)18(16)31-22(32-21)37-14-25-5-4-6-35(25)13-15(27)11-25/h12,15,20H,4-11,13-14H2,1-3H3/t15-,25+/m0/s1. The van der Waals surface area contributed by atoms with Gasteiger partial charge in [-0.15, -0.1) is 0 Å². The first kappa shape index (κ1) is 27.0. The molecule has 0 spiro atoms. The Morgan fingerprint density at radius 3 is 2.63 bits per heavy atom. The zero-order chi connectivity index (χ0) is 27.2. The van der Waals surface area contributed by atoms with E-state index in [2.05, 4.69) is 19.9 Å². The predicted molar refractivity (Wildman–Crippen MR) is 136 cm³/mol. The maximum Gasteiger partial charge on any atom is 0.410 e. The molecule has 2 aromatic rings. The molecule has 38 heavy (non-hydrogen) atoms. The summed E-state index contributed by atoms with van der Waals surface area (Å²) in [4.78, 5) is 31.0. The smallest absolute Gasteiger partial charge is 0.410 e. The van der Waals surface area contributed by atoms with Crippen LogP contribution in [0.3, 0.4) is 0 Å². The van der Waals surface area contributed by atoms with E-state index >= 15 is 0 Å². The zero-order valence-corrected chi connectivity index (χ0v) is 22.5. The van der Waals surface area contributed by atoms with E-state index in [4.69, 9.17) is 21.1 Å². The van der Waals surface area contributed by atoms with E-state index in [1.165, 1.54) is 6.20 Å². The Morgan fingerprint density at radius 1 is 1.21 bits per heavy atom. The van der Waals surface area contributed by atoms with Crippen LogP contribution in [-0.2, 0) is 4.74 Å². The Hall–Kier alpha value is -2.60. The number of anilines is 1. The lowest BCUT2D eigenvalue weighted by atomic mass is 9.95. The van der Waals surface area contributed by atoms with Crippen LogP contribution in [0.2, 0.25) is 5.15 Å². The lowest BCUT2D eigenvalue weighted by Crippen LogP contribution is -2.50. The van der Waals surface area contributed by atoms with Gasteiger partial charge in [0.2, 0.25) is 0 Å². The van der Waals surface area contributed by atoms with Crippen molar-refractivity contribution in [3.8, 4) is 6.01 Å². The summed E-state index contributed by atoms with van der Waals surface area (Å²) in [5, 5.41) is -0.0254. The van der Waals surface area contributed by atoms with Crippen molar-refractivity contribution in [2.45, 2.75) is 63.8 Å². The number of alkyl halides is 3. The lowest BCUT2D eigenvalue weighted by Gasteiger charge is -2.36. The summed E-state index contributed by atoms with van der Waals surface area (Å²) in [6.07, 6.45) is -0.779. The minimum absolute atomic E-state index is 0.0369. The summed E-state index contributed by atoms with van der Waals surface area (Å²) in [6.45, 7) is 8.22. The first-order valence-electron chi connectivity index (χ1n) is 12.8. The van der Waals surface area contributed by atoms with Crippen molar-refractivity contribution < 1.29 is 27.4 Å². The average Bonchev–Trinajstić information content (AvgIpc) is 3.36. The van der Waals surface area contributed by atoms with E-state index in [0.717, 1.165) is 19.4 Å². The number of amides is 1. The highest BCUT2D eigenvalue weighted by atomic mass is 35.5. The molecular formula is C25H32ClF3N6O3. The maximum absolute atomic E-state index is 14.2. The Bertz CT molecular complexity index is 1210. The van der Waals surface area contributed by atoms with Gasteiger partial charge in [0.1, 0.15) is 29.4 Å². The molecule has 0 saturated carbocycles. The largest absolute Gasteiger partial charge is 0.461 e. The fraction of sp³-hybridized carbons (Fsp3) is 0.680. The predicted octanol–water partition coefficient (Wildman–Crippen LogP) is 4.63. The lowest BCUT2D eigenvalue weighted by molar-refractivity contribution is 0.0240. The summed E-state index contributed by atoms with van der Waals surface area (Å²) < 4.78 is 53.8. The van der Waals surface area contributed by atoms with Crippen molar-refractivity contribution in [3.05, 3.63) is 16.9 Å². The van der Waals surface area contributed by atoms with Gasteiger partial charge in [-0.05, 0) is 40.2 Å². The summed E-state index contributed by atoms with van der Waals surface area (Å²) in [5.41, 5.74) is -1.59. The molecule has 3 fully saturated rings. The number of aromatic nitrogens is 3. The average molecular weight is 557 g/mol. The third kappa shape index (κ3) is 5.29. The van der Waals surface area contributed by atoms with Crippen LogP contribution < -0.4 is 9.64 Å². The van der Waals surface area contributed by atoms with Crippen molar-refractivity contribution in [1.29, 1.82) is 0 Å². The van der Waals surface area contributed by atoms with Crippen LogP contribution in [0.4, 0.5) is 23.8 Å². The molecule has 3 aliphatic rings. The van der Waals surface area contributed by atoms with Crippen LogP contribution in [0, 0.1) is 0 Å². The maximum atomic E-state index is 14.2. The van der Waals surface area contributed by atoms with Crippen molar-refractivity contribution >= 4 is 34.4 Å². The number of fused-ring (bicyclic) bond motifs is 2. The molecule has 0 bridgehead atoms. The molecule has 3 saturated heterocycles. The van der Waals surface area contributed by atoms with Crippen LogP contribution in [0.25, 0.3) is 10.9 Å². The number of carbonyl (C=O) groups excluding carboxylic acids is 1. The number of hydrogen-bond acceptors (Lipinski definition) is 8. The number of rotatable bonds is 5. The molecule has 0 radical (unpaired) electrons. The normalized spacial score (nSPS) is 24.4. The second kappa shape index (κ2) is 10.2. The first-order valence-corrected chi connectivity index (χ1v) is 13.2. The van der Waals surface area contributed by atoms with Gasteiger partial charge >= 0.3 is 12.1 Å². The molecule has 2 aromatic heterocycles. The first-order chi connectivity index (χ1) is 18.0. The van der Waals surface area contributed by atoms with E-state index in [-0.39, 0.29) is 23.3 Å². The molecule has 2 atom stereocenters. The van der Waals surface area contributed by atoms with Crippen molar-refractivity contribution in [3.63, 3.8) is 0 Å². The van der Waals surface area contributed by atoms with Crippen molar-refractivity contribution in [2.24, 2.45) is 0 Å². The molecule has 0 unspecified atom stereocenters. The molecule has 0 N–H and O–H groups in total. The minimum Gasteiger partial charge on any atom is -0.461 e. The van der Waals surface area contributed by atoms with Gasteiger partial charge in [0, 0.05) is 45.3 Å². The van der Waals surface area contributed by atoms with Crippen molar-refractivity contribution in [1.82, 2.24) is 24.8 Å². The van der Waals surface area contributed by atoms with E-state index in [1.54, 1.807) is 25.7 Å². The molecule has 3 aliphatic heterocycles. The Morgan fingerprint density at radius 2 is 1.95 bits per heavy atom. The number of nitrogens with zero attached hydrogens (tertiary/aromatic N) is 6. The molecule has 9 nitrogen and oxygen atoms in total. The number of pyridine rings is 1. The molecular weight excluding hydrogens is 525 g/mol. The molecule has 5 rings (SSSR count). The number of ether oxygens (including phenoxy) is 2. The van der Waals surface area contributed by atoms with Crippen molar-refractivity contribution in [2.75, 3.05) is 50.8 Å². The molecule has 208 valence electrons. The highest BCUT2D eigenvalue weighted by Gasteiger charge is 2.49. The van der Waals surface area contributed by atoms with Gasteiger partial charge in [0.25, 0.3) is 6.43 Å². The summed E-state index contributed by atoms with van der Waals surface area (Å²) in [7, 11) is 0. The van der Waals surface area contributed by atoms with Gasteiger partial charge in [-0.2, -0.15) is 9.97 Å². The third-order valence-corrected chi connectivity index (χ3v) is 7.67. The second-order valence-electron chi connectivity index (χ2n) is 11.2. The highest BCUT2D eigenvalue weighted by Crippen LogP contribution is 2.41. The van der Waals surface area contributed by atoms with Crippen LogP contribution in [0.15, 0.2) is 6.20 Å². The highest BCUT2D eigenvalue weighted by molar-refractivity contribution is 6.31. The topological polar surface area (TPSA) is 83.9 Å². The van der Waals surface area contributed by atoms with Gasteiger partial charge < -0.3 is 19.3 Å². The summed E-state index contributed by atoms with van der Waals surface area (Å²) >= 11 is 6.05. The van der Waals surface area contributed by atoms with Gasteiger partial charge in [-0.1, -0.05) is 11.6 Å². The molecule has 1 amide bonds. The van der Waals surface area contributed by atoms with Crippen LogP contribution >= 0.6 is 11.6 Å². The number of hydrogen-bond donors (Lipinski definition) is 0. The van der Waals surface area contributed by atoms with E-state index in [0.29, 0.717) is 50.3 Å². The van der Waals surface area contributed by atoms with Crippen LogP contribution in [0.5, 0.6) is 6.01 Å². The number of carbonyl (C=O) groups is 1. The Labute approximate surface area is 224 Å². The van der Waals surface area contributed by atoms with Crippen LogP contribution in [0.1, 0.15) is 52.0 Å². The van der Waals surface area contributed by atoms with Gasteiger partial charge in [-0.3, -0.25) is 4.90 Å². The quantitative estimate of drug-likeness (QED) is 0.493.